The molecule has 7 nitrogen and oxygen atoms in total. The summed E-state index contributed by atoms with van der Waals surface area (Å²) in [7, 11) is 0. The van der Waals surface area contributed by atoms with Crippen LogP contribution in [0, 0.1) is 0 Å². The summed E-state index contributed by atoms with van der Waals surface area (Å²) in [6.45, 7) is 0. The van der Waals surface area contributed by atoms with Crippen LogP contribution in [-0.4, -0.2) is 26.6 Å². The Morgan fingerprint density at radius 1 is 1.00 bits per heavy atom. The number of carbonyl (C=O) groups is 1. The average molecular weight is 423 g/mol. The molecular formula is C20H18N6OS2. The Balaban J connectivity index is 1.35. The van der Waals surface area contributed by atoms with E-state index in [1.54, 1.807) is 0 Å². The maximum atomic E-state index is 12.2. The molecule has 4 aromatic rings. The van der Waals surface area contributed by atoms with E-state index in [1.807, 2.05) is 23.6 Å². The lowest BCUT2D eigenvalue weighted by molar-refractivity contribution is -0.115. The molecule has 0 unspecified atom stereocenters. The fraction of sp³-hybridized carbons (Fsp3) is 0.100. The molecule has 1 amide bonds. The first-order chi connectivity index (χ1) is 14.1. The topological polar surface area (TPSA) is 120 Å². The molecule has 9 heteroatoms. The number of thioether (sulfide) groups is 1. The van der Waals surface area contributed by atoms with Gasteiger partial charge in [0, 0.05) is 29.2 Å². The highest BCUT2D eigenvalue weighted by atomic mass is 32.2. The van der Waals surface area contributed by atoms with Crippen molar-refractivity contribution in [3.05, 3.63) is 53.9 Å². The van der Waals surface area contributed by atoms with Crippen LogP contribution in [0.15, 0.2) is 59.1 Å². The number of carbonyl (C=O) groups excluding carboxylic acids is 1. The molecule has 5 N–H and O–H groups in total. The number of nitrogens with one attached hydrogen (secondary N) is 1. The van der Waals surface area contributed by atoms with Gasteiger partial charge in [0.15, 0.2) is 10.3 Å². The second-order valence-corrected chi connectivity index (χ2v) is 8.17. The van der Waals surface area contributed by atoms with E-state index in [0.717, 1.165) is 16.6 Å². The Morgan fingerprint density at radius 2 is 1.76 bits per heavy atom. The second kappa shape index (κ2) is 8.46. The van der Waals surface area contributed by atoms with Crippen LogP contribution < -0.4 is 16.8 Å². The minimum absolute atomic E-state index is 0.117. The van der Waals surface area contributed by atoms with Crippen molar-refractivity contribution in [2.45, 2.75) is 11.6 Å². The fourth-order valence-electron chi connectivity index (χ4n) is 2.76. The predicted molar refractivity (Wildman–Crippen MR) is 120 cm³/mol. The number of nitrogen functional groups attached to an aromatic ring is 2. The number of hydrogen-bond acceptors (Lipinski definition) is 8. The second-order valence-electron chi connectivity index (χ2n) is 6.25. The summed E-state index contributed by atoms with van der Waals surface area (Å²) in [4.78, 5) is 24.9. The lowest BCUT2D eigenvalue weighted by Crippen LogP contribution is -2.12. The lowest BCUT2D eigenvalue weighted by atomic mass is 10.1. The van der Waals surface area contributed by atoms with Crippen molar-refractivity contribution in [1.82, 2.24) is 15.0 Å². The summed E-state index contributed by atoms with van der Waals surface area (Å²) in [6, 6.07) is 15.9. The number of thiazole rings is 1. The van der Waals surface area contributed by atoms with Gasteiger partial charge in [0.2, 0.25) is 5.91 Å². The number of nitrogens with zero attached hydrogens (tertiary/aromatic N) is 3. The molecular weight excluding hydrogens is 404 g/mol. The number of benzene rings is 2. The summed E-state index contributed by atoms with van der Waals surface area (Å²) in [6.07, 6.45) is 0.299. The number of aromatic nitrogens is 3. The molecule has 0 spiro atoms. The van der Waals surface area contributed by atoms with E-state index in [-0.39, 0.29) is 5.91 Å². The van der Waals surface area contributed by atoms with Crippen LogP contribution in [0.4, 0.5) is 16.8 Å². The van der Waals surface area contributed by atoms with Gasteiger partial charge in [-0.25, -0.2) is 15.0 Å². The molecule has 0 aliphatic rings. The molecule has 0 aliphatic heterocycles. The zero-order valence-electron chi connectivity index (χ0n) is 15.3. The van der Waals surface area contributed by atoms with Gasteiger partial charge < -0.3 is 16.8 Å². The predicted octanol–water partition coefficient (Wildman–Crippen LogP) is 4.04. The molecule has 0 saturated heterocycles. The molecule has 2 aromatic heterocycles. The van der Waals surface area contributed by atoms with Crippen molar-refractivity contribution in [3.63, 3.8) is 0 Å². The van der Waals surface area contributed by atoms with Crippen LogP contribution in [0.1, 0.15) is 6.42 Å². The van der Waals surface area contributed by atoms with Crippen molar-refractivity contribution in [1.29, 1.82) is 0 Å². The van der Waals surface area contributed by atoms with Gasteiger partial charge in [0.25, 0.3) is 0 Å². The van der Waals surface area contributed by atoms with E-state index >= 15 is 0 Å². The van der Waals surface area contributed by atoms with Gasteiger partial charge in [-0.1, -0.05) is 48.2 Å². The molecule has 29 heavy (non-hydrogen) atoms. The first-order valence-corrected chi connectivity index (χ1v) is 10.7. The molecule has 4 rings (SSSR count). The highest BCUT2D eigenvalue weighted by molar-refractivity contribution is 7.99. The van der Waals surface area contributed by atoms with Crippen LogP contribution in [0.2, 0.25) is 0 Å². The summed E-state index contributed by atoms with van der Waals surface area (Å²) in [5.41, 5.74) is 13.1. The van der Waals surface area contributed by atoms with E-state index in [4.69, 9.17) is 11.5 Å². The third-order valence-corrected chi connectivity index (χ3v) is 5.71. The van der Waals surface area contributed by atoms with Gasteiger partial charge in [-0.15, -0.1) is 11.3 Å². The Labute approximate surface area is 175 Å². The molecule has 2 aromatic carbocycles. The van der Waals surface area contributed by atoms with Crippen LogP contribution >= 0.6 is 23.1 Å². The normalized spacial score (nSPS) is 10.9. The molecule has 2 heterocycles. The van der Waals surface area contributed by atoms with Crippen molar-refractivity contribution in [3.8, 4) is 11.3 Å². The van der Waals surface area contributed by atoms with Crippen LogP contribution in [0.3, 0.4) is 0 Å². The van der Waals surface area contributed by atoms with Gasteiger partial charge in [-0.05, 0) is 16.8 Å². The average Bonchev–Trinajstić information content (AvgIpc) is 3.15. The Kier molecular flexibility index (Phi) is 5.59. The number of anilines is 3. The van der Waals surface area contributed by atoms with Crippen molar-refractivity contribution < 1.29 is 4.79 Å². The molecule has 0 atom stereocenters. The molecule has 0 aliphatic carbocycles. The summed E-state index contributed by atoms with van der Waals surface area (Å²) in [5.74, 6) is 1.02. The first kappa shape index (κ1) is 19.2. The van der Waals surface area contributed by atoms with Crippen LogP contribution in [0.25, 0.3) is 22.0 Å². The molecule has 0 bridgehead atoms. The van der Waals surface area contributed by atoms with Crippen LogP contribution in [-0.2, 0) is 4.79 Å². The fourth-order valence-corrected chi connectivity index (χ4v) is 4.30. The summed E-state index contributed by atoms with van der Waals surface area (Å²) in [5, 5.41) is 8.16. The molecule has 146 valence electrons. The summed E-state index contributed by atoms with van der Waals surface area (Å²) < 4.78 is 0. The van der Waals surface area contributed by atoms with Gasteiger partial charge in [0.05, 0.1) is 5.69 Å². The summed E-state index contributed by atoms with van der Waals surface area (Å²) >= 11 is 2.73. The SMILES string of the molecule is Nc1cc(N)nc(SCCC(=O)Nc2nc(-c3ccc4ccccc4c3)cs2)n1. The minimum atomic E-state index is -0.117. The largest absolute Gasteiger partial charge is 0.383 e. The van der Waals surface area contributed by atoms with Gasteiger partial charge in [-0.2, -0.15) is 0 Å². The lowest BCUT2D eigenvalue weighted by Gasteiger charge is -2.03. The Bertz CT molecular complexity index is 1160. The van der Waals surface area contributed by atoms with E-state index in [9.17, 15) is 4.79 Å². The standard InChI is InChI=1S/C20H18N6OS2/c21-16-10-17(22)25-20(24-16)28-8-7-18(27)26-19-23-15(11-29-19)14-6-5-12-3-1-2-4-13(12)9-14/h1-6,9-11H,7-8H2,(H,23,26,27)(H4,21,22,24,25). The molecule has 0 fully saturated rings. The number of hydrogen-bond donors (Lipinski definition) is 3. The zero-order valence-corrected chi connectivity index (χ0v) is 17.0. The minimum Gasteiger partial charge on any atom is -0.383 e. The highest BCUT2D eigenvalue weighted by Crippen LogP contribution is 2.28. The van der Waals surface area contributed by atoms with E-state index in [2.05, 4.69) is 44.5 Å². The van der Waals surface area contributed by atoms with E-state index in [1.165, 1.54) is 34.6 Å². The van der Waals surface area contributed by atoms with Crippen molar-refractivity contribution >= 4 is 56.5 Å². The maximum absolute atomic E-state index is 12.2. The third kappa shape index (κ3) is 4.82. The Hall–Kier alpha value is -3.17. The van der Waals surface area contributed by atoms with E-state index < -0.39 is 0 Å². The van der Waals surface area contributed by atoms with E-state index in [0.29, 0.717) is 34.1 Å². The van der Waals surface area contributed by atoms with Gasteiger partial charge >= 0.3 is 0 Å². The number of fused-ring (bicyclic) bond motifs is 1. The quantitative estimate of drug-likeness (QED) is 0.317. The number of nitrogens with two attached hydrogens (primary N) is 2. The molecule has 0 radical (unpaired) electrons. The highest BCUT2D eigenvalue weighted by Gasteiger charge is 2.10. The van der Waals surface area contributed by atoms with Gasteiger partial charge in [0.1, 0.15) is 11.6 Å². The van der Waals surface area contributed by atoms with Gasteiger partial charge in [-0.3, -0.25) is 4.79 Å². The maximum Gasteiger partial charge on any atom is 0.226 e. The third-order valence-electron chi connectivity index (χ3n) is 4.10. The monoisotopic (exact) mass is 422 g/mol. The first-order valence-electron chi connectivity index (χ1n) is 8.84. The van der Waals surface area contributed by atoms with Crippen LogP contribution in [0.5, 0.6) is 0 Å². The van der Waals surface area contributed by atoms with Crippen molar-refractivity contribution in [2.75, 3.05) is 22.5 Å². The number of rotatable bonds is 6. The van der Waals surface area contributed by atoms with Crippen molar-refractivity contribution in [2.24, 2.45) is 0 Å². The Morgan fingerprint density at radius 3 is 2.55 bits per heavy atom. The molecule has 0 saturated carbocycles. The number of amides is 1. The smallest absolute Gasteiger partial charge is 0.226 e. The zero-order chi connectivity index (χ0) is 20.2.